The number of carbonyl (C=O) groups excluding carboxylic acids is 2. The number of fused-ring (bicyclic) bond motifs is 4. The third-order valence-corrected chi connectivity index (χ3v) is 6.60. The number of nitrogens with zero attached hydrogens (tertiary/aromatic N) is 5. The Morgan fingerprint density at radius 2 is 2.03 bits per heavy atom. The molecule has 2 aromatic rings. The van der Waals surface area contributed by atoms with E-state index in [2.05, 4.69) is 20.5 Å². The molecule has 3 aliphatic rings. The van der Waals surface area contributed by atoms with Crippen molar-refractivity contribution >= 4 is 29.3 Å². The van der Waals surface area contributed by atoms with Crippen LogP contribution in [0.1, 0.15) is 37.7 Å². The summed E-state index contributed by atoms with van der Waals surface area (Å²) in [5.74, 6) is -1.08. The maximum absolute atomic E-state index is 13.3. The second kappa shape index (κ2) is 10.1. The Bertz CT molecular complexity index is 1240. The minimum Gasteiger partial charge on any atom is -0.474 e. The number of carbonyl (C=O) groups is 2. The Hall–Kier alpha value is -3.72. The van der Waals surface area contributed by atoms with Crippen molar-refractivity contribution in [2.75, 3.05) is 41.4 Å². The van der Waals surface area contributed by atoms with Crippen molar-refractivity contribution in [3.05, 3.63) is 30.0 Å². The molecule has 0 saturated carbocycles. The molecule has 39 heavy (non-hydrogen) atoms. The maximum atomic E-state index is 13.3. The van der Waals surface area contributed by atoms with Crippen LogP contribution in [0.4, 0.5) is 35.3 Å². The van der Waals surface area contributed by atoms with E-state index >= 15 is 0 Å². The quantitative estimate of drug-likeness (QED) is 0.556. The number of amides is 3. The molecule has 0 aromatic carbocycles. The van der Waals surface area contributed by atoms with Gasteiger partial charge in [-0.3, -0.25) is 15.0 Å². The van der Waals surface area contributed by atoms with Gasteiger partial charge >= 0.3 is 12.2 Å². The summed E-state index contributed by atoms with van der Waals surface area (Å²) in [5, 5.41) is 12.6. The minimum absolute atomic E-state index is 0.156. The minimum atomic E-state index is -4.60. The largest absolute Gasteiger partial charge is 0.474 e. The summed E-state index contributed by atoms with van der Waals surface area (Å²) in [4.78, 5) is 33.5. The van der Waals surface area contributed by atoms with Crippen LogP contribution in [0.25, 0.3) is 0 Å². The van der Waals surface area contributed by atoms with Crippen molar-refractivity contribution in [2.24, 2.45) is 0 Å². The molecule has 2 saturated heterocycles. The van der Waals surface area contributed by atoms with Gasteiger partial charge < -0.3 is 24.4 Å². The van der Waals surface area contributed by atoms with Gasteiger partial charge in [-0.25, -0.2) is 9.78 Å². The Morgan fingerprint density at radius 3 is 2.69 bits per heavy atom. The summed E-state index contributed by atoms with van der Waals surface area (Å²) in [6, 6.07) is 3.15. The van der Waals surface area contributed by atoms with Crippen LogP contribution in [-0.2, 0) is 9.47 Å². The highest BCUT2D eigenvalue weighted by molar-refractivity contribution is 6.05. The summed E-state index contributed by atoms with van der Waals surface area (Å²) in [6.07, 6.45) is -4.20. The van der Waals surface area contributed by atoms with Crippen molar-refractivity contribution < 1.29 is 37.0 Å². The zero-order valence-corrected chi connectivity index (χ0v) is 21.5. The third-order valence-electron chi connectivity index (χ3n) is 6.60. The molecule has 2 aromatic heterocycles. The number of nitrogens with one attached hydrogen (secondary N) is 2. The van der Waals surface area contributed by atoms with Crippen molar-refractivity contribution in [3.63, 3.8) is 0 Å². The van der Waals surface area contributed by atoms with Crippen LogP contribution in [0.3, 0.4) is 0 Å². The molecule has 2 N–H and O–H groups in total. The van der Waals surface area contributed by atoms with E-state index in [1.165, 1.54) is 17.0 Å². The number of anilines is 3. The number of halogens is 3. The molecule has 3 amide bonds. The van der Waals surface area contributed by atoms with E-state index in [-0.39, 0.29) is 42.0 Å². The summed E-state index contributed by atoms with van der Waals surface area (Å²) in [6.45, 7) is 6.30. The van der Waals surface area contributed by atoms with Gasteiger partial charge in [-0.1, -0.05) is 0 Å². The van der Waals surface area contributed by atoms with Crippen LogP contribution in [0.5, 0.6) is 5.88 Å². The van der Waals surface area contributed by atoms with Crippen LogP contribution in [0.15, 0.2) is 24.3 Å². The fourth-order valence-corrected chi connectivity index (χ4v) is 4.61. The first-order valence-corrected chi connectivity index (χ1v) is 12.4. The second-order valence-corrected chi connectivity index (χ2v) is 9.98. The van der Waals surface area contributed by atoms with Gasteiger partial charge in [-0.15, -0.1) is 10.2 Å². The molecule has 3 atom stereocenters. The van der Waals surface area contributed by atoms with E-state index in [1.54, 1.807) is 12.1 Å². The van der Waals surface area contributed by atoms with Gasteiger partial charge in [-0.05, 0) is 45.4 Å². The molecule has 210 valence electrons. The number of aromatic nitrogens is 3. The molecule has 0 spiro atoms. The Labute approximate surface area is 221 Å². The van der Waals surface area contributed by atoms with Crippen molar-refractivity contribution in [2.45, 2.75) is 57.3 Å². The van der Waals surface area contributed by atoms with Crippen LogP contribution in [-0.4, -0.2) is 83.6 Å². The number of hydrogen-bond donors (Lipinski definition) is 2. The second-order valence-electron chi connectivity index (χ2n) is 9.98. The monoisotopic (exact) mass is 551 g/mol. The number of rotatable bonds is 6. The predicted molar refractivity (Wildman–Crippen MR) is 132 cm³/mol. The molecular formula is C24H28F3N7O5. The number of ether oxygens (including phenoxy) is 3. The van der Waals surface area contributed by atoms with Gasteiger partial charge in [0.25, 0.3) is 5.91 Å². The average molecular weight is 552 g/mol. The number of alkyl halides is 3. The predicted octanol–water partition coefficient (Wildman–Crippen LogP) is 2.71. The van der Waals surface area contributed by atoms with Crippen LogP contribution >= 0.6 is 0 Å². The van der Waals surface area contributed by atoms with Crippen LogP contribution in [0, 0.1) is 0 Å². The first kappa shape index (κ1) is 26.9. The van der Waals surface area contributed by atoms with Gasteiger partial charge in [0, 0.05) is 19.2 Å². The lowest BCUT2D eigenvalue weighted by molar-refractivity contribution is -0.149. The van der Waals surface area contributed by atoms with E-state index in [0.717, 1.165) is 6.92 Å². The Morgan fingerprint density at radius 1 is 1.23 bits per heavy atom. The van der Waals surface area contributed by atoms with Gasteiger partial charge in [0.15, 0.2) is 17.4 Å². The zero-order valence-electron chi connectivity index (χ0n) is 21.5. The number of urea groups is 1. The molecule has 0 radical (unpaired) electrons. The zero-order chi connectivity index (χ0) is 27.9. The average Bonchev–Trinajstić information content (AvgIpc) is 3.45. The van der Waals surface area contributed by atoms with E-state index in [0.29, 0.717) is 31.8 Å². The Balaban J connectivity index is 1.27. The van der Waals surface area contributed by atoms with E-state index in [4.69, 9.17) is 14.2 Å². The summed E-state index contributed by atoms with van der Waals surface area (Å²) < 4.78 is 55.5. The van der Waals surface area contributed by atoms with E-state index in [1.807, 2.05) is 24.1 Å². The van der Waals surface area contributed by atoms with Gasteiger partial charge in [0.2, 0.25) is 5.88 Å². The highest BCUT2D eigenvalue weighted by Gasteiger charge is 2.41. The molecule has 3 aliphatic heterocycles. The molecule has 0 aliphatic carbocycles. The summed E-state index contributed by atoms with van der Waals surface area (Å²) >= 11 is 0. The SMILES string of the molecule is CC(NC(=O)c1ccc2c(n1)N(C(=O)Nc1ccc(OCC3COC(C)(C)O3)nn1)C1CCN2C1)C(F)(F)F. The fourth-order valence-electron chi connectivity index (χ4n) is 4.61. The number of hydrogen-bond acceptors (Lipinski definition) is 9. The molecule has 12 nitrogen and oxygen atoms in total. The topological polar surface area (TPSA) is 131 Å². The Kier molecular flexibility index (Phi) is 6.97. The highest BCUT2D eigenvalue weighted by Crippen LogP contribution is 2.39. The molecule has 5 rings (SSSR count). The van der Waals surface area contributed by atoms with Crippen molar-refractivity contribution in [1.29, 1.82) is 0 Å². The van der Waals surface area contributed by atoms with E-state index < -0.39 is 29.9 Å². The fraction of sp³-hybridized carbons (Fsp3) is 0.542. The van der Waals surface area contributed by atoms with Crippen LogP contribution < -0.4 is 25.2 Å². The third kappa shape index (κ3) is 5.83. The normalized spacial score (nSPS) is 22.3. The first-order chi connectivity index (χ1) is 18.4. The molecular weight excluding hydrogens is 523 g/mol. The molecule has 15 heteroatoms. The van der Waals surface area contributed by atoms with Crippen LogP contribution in [0.2, 0.25) is 0 Å². The smallest absolute Gasteiger partial charge is 0.408 e. The van der Waals surface area contributed by atoms with Gasteiger partial charge in [-0.2, -0.15) is 13.2 Å². The lowest BCUT2D eigenvalue weighted by Crippen LogP contribution is -2.49. The van der Waals surface area contributed by atoms with Crippen molar-refractivity contribution in [1.82, 2.24) is 20.5 Å². The number of pyridine rings is 1. The molecule has 2 bridgehead atoms. The summed E-state index contributed by atoms with van der Waals surface area (Å²) in [5.41, 5.74) is 0.377. The molecule has 2 fully saturated rings. The lowest BCUT2D eigenvalue weighted by atomic mass is 10.1. The standard InChI is InChI=1S/C24H28F3N7O5/c1-13(24(25,26)27)28-21(35)16-4-5-17-20(29-16)34(14-8-9-33(17)10-14)22(36)30-18-6-7-19(32-31-18)37-11-15-12-38-23(2,3)39-15/h4-7,13-15H,8-12H2,1-3H3,(H,28,35)(H,30,31,36). The van der Waals surface area contributed by atoms with E-state index in [9.17, 15) is 22.8 Å². The highest BCUT2D eigenvalue weighted by atomic mass is 19.4. The molecule has 3 unspecified atom stereocenters. The molecule has 5 heterocycles. The first-order valence-electron chi connectivity index (χ1n) is 12.4. The van der Waals surface area contributed by atoms with Crippen molar-refractivity contribution in [3.8, 4) is 5.88 Å². The van der Waals surface area contributed by atoms with Gasteiger partial charge in [0.05, 0.1) is 18.3 Å². The lowest BCUT2D eigenvalue weighted by Gasteiger charge is -2.35. The maximum Gasteiger partial charge on any atom is 0.408 e. The summed E-state index contributed by atoms with van der Waals surface area (Å²) in [7, 11) is 0. The van der Waals surface area contributed by atoms with Gasteiger partial charge in [0.1, 0.15) is 24.4 Å².